The summed E-state index contributed by atoms with van der Waals surface area (Å²) < 4.78 is 17.4. The van der Waals surface area contributed by atoms with Crippen molar-refractivity contribution in [2.45, 2.75) is 11.9 Å². The van der Waals surface area contributed by atoms with Crippen LogP contribution in [0, 0.1) is 0 Å². The van der Waals surface area contributed by atoms with Crippen molar-refractivity contribution < 1.29 is 14.1 Å². The summed E-state index contributed by atoms with van der Waals surface area (Å²) >= 11 is 0. The Morgan fingerprint density at radius 1 is 1.00 bits per heavy atom. The van der Waals surface area contributed by atoms with Crippen LogP contribution >= 0.6 is 0 Å². The number of aliphatic hydroxyl groups excluding tert-OH is 1. The minimum atomic E-state index is -1.09. The fraction of sp³-hybridized carbons (Fsp3) is 0.250. The summed E-state index contributed by atoms with van der Waals surface area (Å²) in [6, 6.07) is 18.9. The Morgan fingerprint density at radius 3 is 2.25 bits per heavy atom. The van der Waals surface area contributed by atoms with Crippen LogP contribution in [0.1, 0.15) is 5.56 Å². The van der Waals surface area contributed by atoms with Crippen molar-refractivity contribution in [1.82, 2.24) is 0 Å². The first-order valence-corrected chi connectivity index (χ1v) is 7.97. The summed E-state index contributed by atoms with van der Waals surface area (Å²) in [7, 11) is -1.09. The average Bonchev–Trinajstić information content (AvgIpc) is 2.47. The highest BCUT2D eigenvalue weighted by atomic mass is 32.2. The van der Waals surface area contributed by atoms with E-state index in [4.69, 9.17) is 4.74 Å². The third-order valence-electron chi connectivity index (χ3n) is 2.73. The second-order valence-electron chi connectivity index (χ2n) is 4.51. The van der Waals surface area contributed by atoms with E-state index in [9.17, 15) is 9.32 Å². The normalized spacial score (nSPS) is 13.7. The molecule has 4 heteroatoms. The fourth-order valence-electron chi connectivity index (χ4n) is 1.79. The number of para-hydroxylation sites is 1. The SMILES string of the molecule is O=[S@](Cc1ccccc1)C[C@H](O)COc1ccccc1. The smallest absolute Gasteiger partial charge is 0.119 e. The van der Waals surface area contributed by atoms with Crippen molar-refractivity contribution in [2.24, 2.45) is 0 Å². The van der Waals surface area contributed by atoms with Gasteiger partial charge in [0.1, 0.15) is 12.4 Å². The van der Waals surface area contributed by atoms with Crippen LogP contribution in [0.15, 0.2) is 60.7 Å². The van der Waals surface area contributed by atoms with Crippen molar-refractivity contribution >= 4 is 10.8 Å². The van der Waals surface area contributed by atoms with Crippen LogP contribution in [-0.4, -0.2) is 27.8 Å². The first-order valence-electron chi connectivity index (χ1n) is 6.49. The Hall–Kier alpha value is -1.65. The van der Waals surface area contributed by atoms with Gasteiger partial charge in [-0.15, -0.1) is 0 Å². The summed E-state index contributed by atoms with van der Waals surface area (Å²) in [6.07, 6.45) is -0.722. The van der Waals surface area contributed by atoms with Crippen molar-refractivity contribution in [3.8, 4) is 5.75 Å². The van der Waals surface area contributed by atoms with Crippen LogP contribution in [-0.2, 0) is 16.6 Å². The maximum absolute atomic E-state index is 11.9. The lowest BCUT2D eigenvalue weighted by molar-refractivity contribution is 0.125. The first kappa shape index (κ1) is 14.8. The van der Waals surface area contributed by atoms with Gasteiger partial charge in [-0.1, -0.05) is 48.5 Å². The van der Waals surface area contributed by atoms with Gasteiger partial charge in [0.2, 0.25) is 0 Å². The second kappa shape index (κ2) is 7.82. The molecule has 0 spiro atoms. The highest BCUT2D eigenvalue weighted by molar-refractivity contribution is 7.84. The number of hydrogen-bond donors (Lipinski definition) is 1. The van der Waals surface area contributed by atoms with Crippen molar-refractivity contribution in [1.29, 1.82) is 0 Å². The Bertz CT molecular complexity index is 528. The molecule has 1 N–H and O–H groups in total. The molecule has 0 radical (unpaired) electrons. The quantitative estimate of drug-likeness (QED) is 0.851. The number of benzene rings is 2. The van der Waals surface area contributed by atoms with Crippen LogP contribution in [0.2, 0.25) is 0 Å². The molecule has 0 fully saturated rings. The van der Waals surface area contributed by atoms with Gasteiger partial charge in [-0.25, -0.2) is 0 Å². The van der Waals surface area contributed by atoms with Gasteiger partial charge < -0.3 is 9.84 Å². The molecule has 0 bridgehead atoms. The van der Waals surface area contributed by atoms with E-state index in [1.807, 2.05) is 60.7 Å². The lowest BCUT2D eigenvalue weighted by Gasteiger charge is -2.12. The lowest BCUT2D eigenvalue weighted by atomic mass is 10.2. The number of rotatable bonds is 7. The molecule has 0 amide bonds. The van der Waals surface area contributed by atoms with Crippen LogP contribution < -0.4 is 4.74 Å². The van der Waals surface area contributed by atoms with E-state index in [1.165, 1.54) is 0 Å². The van der Waals surface area contributed by atoms with E-state index in [0.717, 1.165) is 5.56 Å². The second-order valence-corrected chi connectivity index (χ2v) is 6.02. The van der Waals surface area contributed by atoms with E-state index in [2.05, 4.69) is 0 Å². The Balaban J connectivity index is 1.74. The molecular weight excluding hydrogens is 272 g/mol. The molecule has 0 aliphatic carbocycles. The minimum absolute atomic E-state index is 0.157. The highest BCUT2D eigenvalue weighted by Crippen LogP contribution is 2.09. The zero-order valence-corrected chi connectivity index (χ0v) is 12.0. The van der Waals surface area contributed by atoms with Crippen LogP contribution in [0.4, 0.5) is 0 Å². The third-order valence-corrected chi connectivity index (χ3v) is 4.15. The first-order chi connectivity index (χ1) is 9.74. The maximum Gasteiger partial charge on any atom is 0.119 e. The molecule has 20 heavy (non-hydrogen) atoms. The van der Waals surface area contributed by atoms with Gasteiger partial charge in [0.15, 0.2) is 0 Å². The van der Waals surface area contributed by atoms with Gasteiger partial charge in [-0.2, -0.15) is 0 Å². The van der Waals surface area contributed by atoms with Crippen LogP contribution in [0.5, 0.6) is 5.75 Å². The van der Waals surface area contributed by atoms with Gasteiger partial charge in [0.05, 0.1) is 11.9 Å². The van der Waals surface area contributed by atoms with E-state index in [-0.39, 0.29) is 12.4 Å². The van der Waals surface area contributed by atoms with Gasteiger partial charge in [0.25, 0.3) is 0 Å². The Kier molecular flexibility index (Phi) is 5.77. The molecule has 0 heterocycles. The van der Waals surface area contributed by atoms with Gasteiger partial charge in [0, 0.05) is 16.6 Å². The zero-order valence-electron chi connectivity index (χ0n) is 11.1. The number of ether oxygens (including phenoxy) is 1. The third kappa shape index (κ3) is 5.15. The van der Waals surface area contributed by atoms with Gasteiger partial charge >= 0.3 is 0 Å². The Morgan fingerprint density at radius 2 is 1.60 bits per heavy atom. The summed E-state index contributed by atoms with van der Waals surface area (Å²) in [5, 5.41) is 9.84. The van der Waals surface area contributed by atoms with Crippen LogP contribution in [0.25, 0.3) is 0 Å². The van der Waals surface area contributed by atoms with E-state index < -0.39 is 16.9 Å². The summed E-state index contributed by atoms with van der Waals surface area (Å²) in [6.45, 7) is 0.157. The van der Waals surface area contributed by atoms with Crippen LogP contribution in [0.3, 0.4) is 0 Å². The lowest BCUT2D eigenvalue weighted by Crippen LogP contribution is -2.24. The topological polar surface area (TPSA) is 46.5 Å². The summed E-state index contributed by atoms with van der Waals surface area (Å²) in [4.78, 5) is 0. The molecule has 0 aliphatic rings. The molecule has 0 saturated carbocycles. The molecule has 2 rings (SSSR count). The van der Waals surface area contributed by atoms with Gasteiger partial charge in [-0.3, -0.25) is 4.21 Å². The molecule has 0 aliphatic heterocycles. The van der Waals surface area contributed by atoms with E-state index >= 15 is 0 Å². The van der Waals surface area contributed by atoms with E-state index in [0.29, 0.717) is 11.5 Å². The maximum atomic E-state index is 11.9. The fourth-order valence-corrected chi connectivity index (χ4v) is 3.00. The average molecular weight is 290 g/mol. The monoisotopic (exact) mass is 290 g/mol. The zero-order chi connectivity index (χ0) is 14.2. The number of hydrogen-bond acceptors (Lipinski definition) is 3. The molecular formula is C16H18O3S. The largest absolute Gasteiger partial charge is 0.491 e. The predicted molar refractivity (Wildman–Crippen MR) is 81.1 cm³/mol. The number of aliphatic hydroxyl groups is 1. The van der Waals surface area contributed by atoms with E-state index in [1.54, 1.807) is 0 Å². The van der Waals surface area contributed by atoms with Gasteiger partial charge in [-0.05, 0) is 17.7 Å². The van der Waals surface area contributed by atoms with Crippen molar-refractivity contribution in [3.63, 3.8) is 0 Å². The molecule has 106 valence electrons. The molecule has 2 atom stereocenters. The predicted octanol–water partition coefficient (Wildman–Crippen LogP) is 2.38. The molecule has 2 aromatic rings. The molecule has 0 saturated heterocycles. The molecule has 2 aromatic carbocycles. The molecule has 0 unspecified atom stereocenters. The van der Waals surface area contributed by atoms with Crippen molar-refractivity contribution in [2.75, 3.05) is 12.4 Å². The molecule has 3 nitrogen and oxygen atoms in total. The standard InChI is InChI=1S/C16H18O3S/c17-15(11-19-16-9-5-2-6-10-16)13-20(18)12-14-7-3-1-4-8-14/h1-10,15,17H,11-13H2/t15-,20-/m1/s1. The highest BCUT2D eigenvalue weighted by Gasteiger charge is 2.11. The summed E-state index contributed by atoms with van der Waals surface area (Å²) in [5.41, 5.74) is 1.02. The summed E-state index contributed by atoms with van der Waals surface area (Å²) in [5.74, 6) is 1.39. The van der Waals surface area contributed by atoms with Crippen molar-refractivity contribution in [3.05, 3.63) is 66.2 Å². The Labute approximate surface area is 121 Å². The minimum Gasteiger partial charge on any atom is -0.491 e. The molecule has 0 aromatic heterocycles.